The maximum absolute atomic E-state index is 5.68. The molecule has 3 aliphatic rings. The molecule has 2 saturated carbocycles. The average molecular weight is 229 g/mol. The van der Waals surface area contributed by atoms with Crippen LogP contribution in [0.25, 0.3) is 0 Å². The monoisotopic (exact) mass is 229 g/mol. The van der Waals surface area contributed by atoms with Crippen molar-refractivity contribution < 1.29 is 19.6 Å². The number of hydrogen-bond acceptors (Lipinski definition) is 3. The fraction of sp³-hybridized carbons (Fsp3) is 1.00. The van der Waals surface area contributed by atoms with Gasteiger partial charge in [0, 0.05) is 12.8 Å². The van der Waals surface area contributed by atoms with E-state index in [4.69, 9.17) is 14.7 Å². The Hall–Kier alpha value is -0.160. The molecule has 1 aliphatic heterocycles. The van der Waals surface area contributed by atoms with E-state index in [1.165, 1.54) is 12.8 Å². The van der Waals surface area contributed by atoms with Crippen molar-refractivity contribution in [1.82, 2.24) is 0 Å². The highest BCUT2D eigenvalue weighted by Crippen LogP contribution is 2.42. The average Bonchev–Trinajstić information content (AvgIpc) is 2.36. The minimum Gasteiger partial charge on any atom is -0.217 e. The van der Waals surface area contributed by atoms with Crippen molar-refractivity contribution in [3.8, 4) is 0 Å². The third-order valence-electron chi connectivity index (χ3n) is 3.98. The van der Waals surface area contributed by atoms with E-state index in [9.17, 15) is 0 Å². The van der Waals surface area contributed by atoms with Gasteiger partial charge in [0.15, 0.2) is 0 Å². The van der Waals surface area contributed by atoms with Gasteiger partial charge in [-0.15, -0.1) is 4.89 Å². The van der Waals surface area contributed by atoms with Gasteiger partial charge < -0.3 is 0 Å². The van der Waals surface area contributed by atoms with Crippen molar-refractivity contribution in [2.75, 3.05) is 0 Å². The predicted molar refractivity (Wildman–Crippen MR) is 57.1 cm³/mol. The zero-order chi connectivity index (χ0) is 10.9. The third-order valence-corrected chi connectivity index (χ3v) is 3.98. The summed E-state index contributed by atoms with van der Waals surface area (Å²) in [5, 5.41) is 0. The topological polar surface area (TPSA) is 40.5 Å². The van der Waals surface area contributed by atoms with Gasteiger partial charge in [-0.25, -0.2) is 4.89 Å². The summed E-state index contributed by atoms with van der Waals surface area (Å²) in [4.78, 5) is 21.2. The molecule has 2 aliphatic carbocycles. The first-order valence-corrected chi connectivity index (χ1v) is 6.60. The van der Waals surface area contributed by atoms with Crippen LogP contribution < -0.4 is 0 Å². The largest absolute Gasteiger partial charge is 0.338 e. The van der Waals surface area contributed by atoms with Crippen molar-refractivity contribution >= 4 is 0 Å². The SMILES string of the molecule is C1CCC2(CC1)OOC1(CCCCC1)[OH+]O2. The summed E-state index contributed by atoms with van der Waals surface area (Å²) in [6, 6.07) is 0. The first-order chi connectivity index (χ1) is 7.83. The first kappa shape index (κ1) is 11.0. The Balaban J connectivity index is 1.61. The van der Waals surface area contributed by atoms with Gasteiger partial charge in [0.25, 0.3) is 5.79 Å². The van der Waals surface area contributed by atoms with Crippen LogP contribution in [-0.4, -0.2) is 16.5 Å². The number of aliphatic hydroxyl groups is 1. The fourth-order valence-electron chi connectivity index (χ4n) is 2.89. The highest BCUT2D eigenvalue weighted by Gasteiger charge is 2.54. The summed E-state index contributed by atoms with van der Waals surface area (Å²) < 4.78 is 0. The second kappa shape index (κ2) is 4.26. The summed E-state index contributed by atoms with van der Waals surface area (Å²) in [5.74, 6) is -1.04. The zero-order valence-corrected chi connectivity index (χ0v) is 9.74. The summed E-state index contributed by atoms with van der Waals surface area (Å²) in [7, 11) is 0. The predicted octanol–water partition coefficient (Wildman–Crippen LogP) is 2.73. The molecule has 4 heteroatoms. The maximum Gasteiger partial charge on any atom is 0.338 e. The molecule has 0 unspecified atom stereocenters. The lowest BCUT2D eigenvalue weighted by atomic mass is 9.93. The molecule has 0 amide bonds. The smallest absolute Gasteiger partial charge is 0.217 e. The molecular formula is C12H21O4+. The van der Waals surface area contributed by atoms with Gasteiger partial charge in [0.05, 0.1) is 12.8 Å². The van der Waals surface area contributed by atoms with Gasteiger partial charge in [-0.2, -0.15) is 4.89 Å². The normalized spacial score (nSPS) is 33.0. The quantitative estimate of drug-likeness (QED) is 0.473. The standard InChI is InChI=1S/C12H20O4/c1-3-7-11(8-4-1)13-15-12(16-14-11)9-5-2-6-10-12/h1-10H2/p+1. The van der Waals surface area contributed by atoms with E-state index in [0.717, 1.165) is 51.4 Å². The molecule has 0 bridgehead atoms. The van der Waals surface area contributed by atoms with Crippen LogP contribution in [0.3, 0.4) is 0 Å². The molecule has 1 saturated heterocycles. The van der Waals surface area contributed by atoms with Gasteiger partial charge in [-0.3, -0.25) is 0 Å². The molecular weight excluding hydrogens is 208 g/mol. The molecule has 16 heavy (non-hydrogen) atoms. The second-order valence-electron chi connectivity index (χ2n) is 5.33. The number of hydrogen-bond donors (Lipinski definition) is 0. The van der Waals surface area contributed by atoms with E-state index >= 15 is 0 Å². The summed E-state index contributed by atoms with van der Waals surface area (Å²) in [6.45, 7) is 0. The Morgan fingerprint density at radius 1 is 0.688 bits per heavy atom. The molecule has 0 aromatic carbocycles. The van der Waals surface area contributed by atoms with Crippen LogP contribution in [0.2, 0.25) is 0 Å². The molecule has 4 nitrogen and oxygen atoms in total. The van der Waals surface area contributed by atoms with Crippen molar-refractivity contribution in [3.05, 3.63) is 0 Å². The van der Waals surface area contributed by atoms with Gasteiger partial charge >= 0.3 is 5.79 Å². The minimum absolute atomic E-state index is 0.485. The third kappa shape index (κ3) is 1.99. The van der Waals surface area contributed by atoms with Crippen LogP contribution in [0.15, 0.2) is 0 Å². The Morgan fingerprint density at radius 2 is 1.31 bits per heavy atom. The van der Waals surface area contributed by atoms with Crippen LogP contribution in [0.5, 0.6) is 0 Å². The Bertz CT molecular complexity index is 203. The molecule has 3 rings (SSSR count). The Morgan fingerprint density at radius 3 is 1.88 bits per heavy atom. The lowest BCUT2D eigenvalue weighted by Crippen LogP contribution is -2.54. The van der Waals surface area contributed by atoms with Crippen molar-refractivity contribution in [1.29, 1.82) is 0 Å². The van der Waals surface area contributed by atoms with Crippen molar-refractivity contribution in [3.63, 3.8) is 0 Å². The van der Waals surface area contributed by atoms with E-state index < -0.39 is 11.6 Å². The molecule has 2 spiro atoms. The molecule has 0 aromatic rings. The first-order valence-electron chi connectivity index (χ1n) is 6.60. The van der Waals surface area contributed by atoms with Crippen LogP contribution in [0, 0.1) is 0 Å². The highest BCUT2D eigenvalue weighted by atomic mass is 17.4. The van der Waals surface area contributed by atoms with E-state index in [0.29, 0.717) is 0 Å². The molecule has 3 fully saturated rings. The molecule has 0 aromatic heterocycles. The van der Waals surface area contributed by atoms with Crippen LogP contribution in [0.1, 0.15) is 64.2 Å². The van der Waals surface area contributed by atoms with E-state index in [-0.39, 0.29) is 0 Å². The summed E-state index contributed by atoms with van der Waals surface area (Å²) >= 11 is 0. The van der Waals surface area contributed by atoms with E-state index in [1.807, 2.05) is 0 Å². The molecule has 0 radical (unpaired) electrons. The maximum atomic E-state index is 5.68. The van der Waals surface area contributed by atoms with Crippen LogP contribution >= 0.6 is 0 Å². The fourth-order valence-corrected chi connectivity index (χ4v) is 2.89. The molecule has 1 heterocycles. The van der Waals surface area contributed by atoms with Gasteiger partial charge in [-0.1, -0.05) is 17.7 Å². The van der Waals surface area contributed by atoms with Crippen LogP contribution in [-0.2, 0) is 14.7 Å². The number of rotatable bonds is 0. The Labute approximate surface area is 96.0 Å². The lowest BCUT2D eigenvalue weighted by molar-refractivity contribution is -0.718. The molecule has 1 N–H and O–H groups in total. The van der Waals surface area contributed by atoms with Crippen molar-refractivity contribution in [2.45, 2.75) is 75.8 Å². The summed E-state index contributed by atoms with van der Waals surface area (Å²) in [5.41, 5.74) is 0. The van der Waals surface area contributed by atoms with Gasteiger partial charge in [0.1, 0.15) is 0 Å². The van der Waals surface area contributed by atoms with Crippen LogP contribution in [0.4, 0.5) is 0 Å². The van der Waals surface area contributed by atoms with E-state index in [1.54, 1.807) is 0 Å². The lowest BCUT2D eigenvalue weighted by Gasteiger charge is -2.41. The highest BCUT2D eigenvalue weighted by molar-refractivity contribution is 4.77. The second-order valence-corrected chi connectivity index (χ2v) is 5.33. The molecule has 0 atom stereocenters. The van der Waals surface area contributed by atoms with Gasteiger partial charge in [0.2, 0.25) is 0 Å². The minimum atomic E-state index is -0.555. The zero-order valence-electron chi connectivity index (χ0n) is 9.74. The Kier molecular flexibility index (Phi) is 2.92. The van der Waals surface area contributed by atoms with E-state index in [2.05, 4.69) is 4.89 Å². The summed E-state index contributed by atoms with van der Waals surface area (Å²) in [6.07, 6.45) is 10.8. The molecule has 92 valence electrons. The van der Waals surface area contributed by atoms with Gasteiger partial charge in [-0.05, 0) is 25.7 Å². The van der Waals surface area contributed by atoms with Crippen molar-refractivity contribution in [2.24, 2.45) is 0 Å².